The molecule has 0 aromatic heterocycles. The van der Waals surface area contributed by atoms with Crippen LogP contribution in [0.5, 0.6) is 0 Å². The smallest absolute Gasteiger partial charge is 0.239 e. The number of carbonyl (C=O) groups excluding carboxylic acids is 2. The van der Waals surface area contributed by atoms with Gasteiger partial charge in [0, 0.05) is 20.5 Å². The molecule has 0 unspecified atom stereocenters. The van der Waals surface area contributed by atoms with Gasteiger partial charge in [0.25, 0.3) is 0 Å². The van der Waals surface area contributed by atoms with E-state index in [-0.39, 0.29) is 18.4 Å². The summed E-state index contributed by atoms with van der Waals surface area (Å²) in [6.45, 7) is 2.43. The van der Waals surface area contributed by atoms with Crippen LogP contribution in [0.4, 0.5) is 0 Å². The van der Waals surface area contributed by atoms with Gasteiger partial charge in [0.1, 0.15) is 0 Å². The summed E-state index contributed by atoms with van der Waals surface area (Å²) >= 11 is 0. The lowest BCUT2D eigenvalue weighted by Gasteiger charge is -2.15. The first kappa shape index (κ1) is 24.9. The fraction of sp³-hybridized carbons (Fsp3) is 0.909. The van der Waals surface area contributed by atoms with Gasteiger partial charge in [-0.25, -0.2) is 0 Å². The highest BCUT2D eigenvalue weighted by Gasteiger charge is 2.11. The Kier molecular flexibility index (Phi) is 18.0. The number of hydrogen-bond acceptors (Lipinski definition) is 2. The molecule has 0 aliphatic rings. The van der Waals surface area contributed by atoms with Gasteiger partial charge in [0.15, 0.2) is 0 Å². The molecule has 0 heterocycles. The fourth-order valence-electron chi connectivity index (χ4n) is 3.22. The molecule has 0 spiro atoms. The molecule has 154 valence electrons. The summed E-state index contributed by atoms with van der Waals surface area (Å²) in [6.07, 6.45) is 20.5. The number of carbonyl (C=O) groups is 2. The minimum atomic E-state index is -0.114. The number of hydrogen-bond donors (Lipinski definition) is 1. The van der Waals surface area contributed by atoms with Crippen molar-refractivity contribution in [1.82, 2.24) is 10.2 Å². The number of likely N-dealkylation sites (N-methyl/N-ethyl adjacent to an activating group) is 2. The maximum absolute atomic E-state index is 11.9. The maximum Gasteiger partial charge on any atom is 0.239 e. The quantitative estimate of drug-likeness (QED) is 0.327. The van der Waals surface area contributed by atoms with Gasteiger partial charge in [0.2, 0.25) is 11.8 Å². The van der Waals surface area contributed by atoms with Gasteiger partial charge in [-0.15, -0.1) is 0 Å². The van der Waals surface area contributed by atoms with E-state index in [9.17, 15) is 9.59 Å². The Morgan fingerprint density at radius 1 is 0.692 bits per heavy atom. The van der Waals surface area contributed by atoms with Crippen molar-refractivity contribution in [2.45, 2.75) is 110 Å². The van der Waals surface area contributed by atoms with Crippen LogP contribution >= 0.6 is 0 Å². The third kappa shape index (κ3) is 16.4. The van der Waals surface area contributed by atoms with Gasteiger partial charge in [-0.2, -0.15) is 0 Å². The molecular weight excluding hydrogens is 324 g/mol. The van der Waals surface area contributed by atoms with Crippen LogP contribution in [0.15, 0.2) is 0 Å². The Morgan fingerprint density at radius 2 is 1.08 bits per heavy atom. The summed E-state index contributed by atoms with van der Waals surface area (Å²) in [5.74, 6) is -0.0411. The molecule has 0 rings (SSSR count). The van der Waals surface area contributed by atoms with Gasteiger partial charge >= 0.3 is 0 Å². The normalized spacial score (nSPS) is 10.7. The monoisotopic (exact) mass is 368 g/mol. The van der Waals surface area contributed by atoms with Crippen molar-refractivity contribution in [1.29, 1.82) is 0 Å². The Hall–Kier alpha value is -1.06. The molecule has 0 saturated heterocycles. The van der Waals surface area contributed by atoms with Crippen molar-refractivity contribution >= 4 is 11.8 Å². The van der Waals surface area contributed by atoms with Crippen LogP contribution in [-0.4, -0.2) is 37.4 Å². The molecule has 0 radical (unpaired) electrons. The van der Waals surface area contributed by atoms with E-state index >= 15 is 0 Å². The molecule has 0 aliphatic heterocycles. The molecule has 0 saturated carbocycles. The van der Waals surface area contributed by atoms with Crippen molar-refractivity contribution in [3.8, 4) is 0 Å². The van der Waals surface area contributed by atoms with Crippen molar-refractivity contribution in [3.63, 3.8) is 0 Å². The zero-order valence-corrected chi connectivity index (χ0v) is 17.8. The molecule has 0 atom stereocenters. The predicted octanol–water partition coefficient (Wildman–Crippen LogP) is 5.45. The zero-order chi connectivity index (χ0) is 19.5. The Morgan fingerprint density at radius 3 is 1.46 bits per heavy atom. The van der Waals surface area contributed by atoms with Crippen LogP contribution in [-0.2, 0) is 9.59 Å². The Balaban J connectivity index is 3.26. The van der Waals surface area contributed by atoms with E-state index in [1.807, 2.05) is 0 Å². The molecule has 26 heavy (non-hydrogen) atoms. The van der Waals surface area contributed by atoms with Crippen molar-refractivity contribution in [2.24, 2.45) is 0 Å². The van der Waals surface area contributed by atoms with E-state index in [2.05, 4.69) is 12.2 Å². The van der Waals surface area contributed by atoms with Crippen LogP contribution in [0.3, 0.4) is 0 Å². The van der Waals surface area contributed by atoms with E-state index in [0.29, 0.717) is 6.42 Å². The second kappa shape index (κ2) is 18.7. The lowest BCUT2D eigenvalue weighted by atomic mass is 10.0. The largest absolute Gasteiger partial charge is 0.358 e. The highest BCUT2D eigenvalue weighted by molar-refractivity contribution is 5.84. The van der Waals surface area contributed by atoms with Gasteiger partial charge in [-0.1, -0.05) is 96.8 Å². The predicted molar refractivity (Wildman–Crippen MR) is 111 cm³/mol. The number of unbranched alkanes of at least 4 members (excludes halogenated alkanes) is 14. The van der Waals surface area contributed by atoms with Crippen LogP contribution in [0.25, 0.3) is 0 Å². The van der Waals surface area contributed by atoms with E-state index in [1.54, 1.807) is 14.1 Å². The van der Waals surface area contributed by atoms with Gasteiger partial charge < -0.3 is 10.2 Å². The van der Waals surface area contributed by atoms with E-state index < -0.39 is 0 Å². The second-order valence-corrected chi connectivity index (χ2v) is 7.62. The third-order valence-corrected chi connectivity index (χ3v) is 5.08. The summed E-state index contributed by atoms with van der Waals surface area (Å²) in [5.41, 5.74) is 0. The summed E-state index contributed by atoms with van der Waals surface area (Å²) in [7, 11) is 3.29. The fourth-order valence-corrected chi connectivity index (χ4v) is 3.22. The van der Waals surface area contributed by atoms with Crippen molar-refractivity contribution in [2.75, 3.05) is 20.6 Å². The average Bonchev–Trinajstić information content (AvgIpc) is 2.64. The van der Waals surface area contributed by atoms with E-state index in [1.165, 1.54) is 88.4 Å². The highest BCUT2D eigenvalue weighted by Crippen LogP contribution is 2.13. The summed E-state index contributed by atoms with van der Waals surface area (Å²) in [6, 6.07) is 0. The standard InChI is InChI=1S/C22H44N2O2/c1-4-5-6-7-8-9-10-11-12-13-14-15-16-17-18-19-22(26)24(3)20-21(25)23-2/h4-20H2,1-3H3,(H,23,25). The zero-order valence-electron chi connectivity index (χ0n) is 17.8. The summed E-state index contributed by atoms with van der Waals surface area (Å²) in [4.78, 5) is 24.6. The van der Waals surface area contributed by atoms with Gasteiger partial charge in [-0.3, -0.25) is 9.59 Å². The van der Waals surface area contributed by atoms with Crippen molar-refractivity contribution < 1.29 is 9.59 Å². The molecular formula is C22H44N2O2. The lowest BCUT2D eigenvalue weighted by Crippen LogP contribution is -2.36. The maximum atomic E-state index is 11.9. The third-order valence-electron chi connectivity index (χ3n) is 5.08. The number of amides is 2. The molecule has 0 bridgehead atoms. The van der Waals surface area contributed by atoms with Crippen LogP contribution < -0.4 is 5.32 Å². The first-order chi connectivity index (χ1) is 12.6. The molecule has 0 aromatic rings. The number of rotatable bonds is 18. The van der Waals surface area contributed by atoms with Gasteiger partial charge in [-0.05, 0) is 6.42 Å². The average molecular weight is 369 g/mol. The molecule has 0 aromatic carbocycles. The highest BCUT2D eigenvalue weighted by atomic mass is 16.2. The summed E-state index contributed by atoms with van der Waals surface area (Å²) < 4.78 is 0. The Labute approximate surface area is 162 Å². The topological polar surface area (TPSA) is 49.4 Å². The van der Waals surface area contributed by atoms with Crippen LogP contribution in [0.2, 0.25) is 0 Å². The Bertz CT molecular complexity index is 345. The molecule has 2 amide bonds. The van der Waals surface area contributed by atoms with E-state index in [0.717, 1.165) is 12.8 Å². The minimum absolute atomic E-state index is 0.0725. The van der Waals surface area contributed by atoms with Crippen LogP contribution in [0.1, 0.15) is 110 Å². The first-order valence-electron chi connectivity index (χ1n) is 11.1. The molecule has 4 nitrogen and oxygen atoms in total. The number of nitrogens with zero attached hydrogens (tertiary/aromatic N) is 1. The minimum Gasteiger partial charge on any atom is -0.358 e. The lowest BCUT2D eigenvalue weighted by molar-refractivity contribution is -0.134. The number of nitrogens with one attached hydrogen (secondary N) is 1. The molecule has 4 heteroatoms. The second-order valence-electron chi connectivity index (χ2n) is 7.62. The first-order valence-corrected chi connectivity index (χ1v) is 11.1. The van der Waals surface area contributed by atoms with E-state index in [4.69, 9.17) is 0 Å². The SMILES string of the molecule is CCCCCCCCCCCCCCCCCC(=O)N(C)CC(=O)NC. The van der Waals surface area contributed by atoms with Crippen LogP contribution in [0, 0.1) is 0 Å². The van der Waals surface area contributed by atoms with Crippen molar-refractivity contribution in [3.05, 3.63) is 0 Å². The molecule has 0 fully saturated rings. The molecule has 0 aliphatic carbocycles. The van der Waals surface area contributed by atoms with Gasteiger partial charge in [0.05, 0.1) is 6.54 Å². The summed E-state index contributed by atoms with van der Waals surface area (Å²) in [5, 5.41) is 2.54. The molecule has 1 N–H and O–H groups in total.